The standard InChI is InChI=1S/C30H26N2O6/c1-35-25-12-10-24(11-13-25)30(34)38-28-9-5-8-23(18-28)19-31-32-29(33)21-37-27-16-14-26(15-17-27)36-20-22-6-3-2-4-7-22/h2-19H,20-21H2,1H3,(H,32,33)/b31-19+. The highest BCUT2D eigenvalue weighted by Crippen LogP contribution is 2.19. The molecule has 1 amide bonds. The molecule has 0 radical (unpaired) electrons. The van der Waals surface area contributed by atoms with Gasteiger partial charge in [0.05, 0.1) is 18.9 Å². The van der Waals surface area contributed by atoms with Gasteiger partial charge in [-0.2, -0.15) is 5.10 Å². The molecule has 0 unspecified atom stereocenters. The van der Waals surface area contributed by atoms with E-state index in [2.05, 4.69) is 10.5 Å². The van der Waals surface area contributed by atoms with Crippen LogP contribution in [0.2, 0.25) is 0 Å². The van der Waals surface area contributed by atoms with Gasteiger partial charge in [-0.25, -0.2) is 10.2 Å². The fourth-order valence-electron chi connectivity index (χ4n) is 3.28. The number of hydrogen-bond acceptors (Lipinski definition) is 7. The average molecular weight is 511 g/mol. The second kappa shape index (κ2) is 13.3. The Balaban J connectivity index is 1.20. The summed E-state index contributed by atoms with van der Waals surface area (Å²) in [5.41, 5.74) is 4.52. The number of carbonyl (C=O) groups is 2. The zero-order valence-corrected chi connectivity index (χ0v) is 20.7. The van der Waals surface area contributed by atoms with E-state index in [1.807, 2.05) is 30.3 Å². The number of benzene rings is 4. The molecule has 4 aromatic rings. The van der Waals surface area contributed by atoms with E-state index in [1.165, 1.54) is 6.21 Å². The molecule has 192 valence electrons. The number of esters is 1. The average Bonchev–Trinajstić information content (AvgIpc) is 2.96. The Morgan fingerprint density at radius 1 is 0.763 bits per heavy atom. The molecule has 0 fully saturated rings. The molecule has 0 saturated carbocycles. The van der Waals surface area contributed by atoms with Crippen molar-refractivity contribution in [3.8, 4) is 23.0 Å². The molecule has 0 bridgehead atoms. The molecular weight excluding hydrogens is 484 g/mol. The third-order valence-corrected chi connectivity index (χ3v) is 5.24. The normalized spacial score (nSPS) is 10.6. The quantitative estimate of drug-likeness (QED) is 0.132. The number of amides is 1. The van der Waals surface area contributed by atoms with E-state index in [0.29, 0.717) is 40.7 Å². The lowest BCUT2D eigenvalue weighted by molar-refractivity contribution is -0.123. The minimum absolute atomic E-state index is 0.207. The topological polar surface area (TPSA) is 95.5 Å². The second-order valence-electron chi connectivity index (χ2n) is 8.02. The van der Waals surface area contributed by atoms with E-state index in [-0.39, 0.29) is 6.61 Å². The van der Waals surface area contributed by atoms with Gasteiger partial charge in [-0.3, -0.25) is 4.79 Å². The highest BCUT2D eigenvalue weighted by molar-refractivity contribution is 5.91. The molecule has 8 heteroatoms. The van der Waals surface area contributed by atoms with E-state index in [4.69, 9.17) is 18.9 Å². The van der Waals surface area contributed by atoms with Gasteiger partial charge in [0, 0.05) is 0 Å². The Hall–Kier alpha value is -5.11. The van der Waals surface area contributed by atoms with Crippen LogP contribution in [0.3, 0.4) is 0 Å². The summed E-state index contributed by atoms with van der Waals surface area (Å²) in [4.78, 5) is 24.4. The Bertz CT molecular complexity index is 1370. The molecule has 0 aliphatic heterocycles. The fourth-order valence-corrected chi connectivity index (χ4v) is 3.28. The van der Waals surface area contributed by atoms with Crippen LogP contribution >= 0.6 is 0 Å². The van der Waals surface area contributed by atoms with Gasteiger partial charge in [0.2, 0.25) is 0 Å². The number of hydrogen-bond donors (Lipinski definition) is 1. The summed E-state index contributed by atoms with van der Waals surface area (Å²) in [6, 6.07) is 30.3. The van der Waals surface area contributed by atoms with Crippen molar-refractivity contribution in [1.29, 1.82) is 0 Å². The summed E-state index contributed by atoms with van der Waals surface area (Å²) < 4.78 is 21.8. The van der Waals surface area contributed by atoms with Gasteiger partial charge >= 0.3 is 5.97 Å². The minimum atomic E-state index is -0.497. The molecule has 0 atom stereocenters. The Labute approximate surface area is 220 Å². The molecule has 38 heavy (non-hydrogen) atoms. The molecule has 0 heterocycles. The van der Waals surface area contributed by atoms with Crippen molar-refractivity contribution in [2.75, 3.05) is 13.7 Å². The summed E-state index contributed by atoms with van der Waals surface area (Å²) in [6.45, 7) is 0.260. The molecule has 4 rings (SSSR count). The molecule has 8 nitrogen and oxygen atoms in total. The van der Waals surface area contributed by atoms with Crippen LogP contribution in [0.4, 0.5) is 0 Å². The van der Waals surface area contributed by atoms with E-state index in [1.54, 1.807) is 79.9 Å². The largest absolute Gasteiger partial charge is 0.497 e. The zero-order valence-electron chi connectivity index (χ0n) is 20.7. The van der Waals surface area contributed by atoms with Crippen molar-refractivity contribution >= 4 is 18.1 Å². The van der Waals surface area contributed by atoms with Crippen LogP contribution in [0.5, 0.6) is 23.0 Å². The summed E-state index contributed by atoms with van der Waals surface area (Å²) in [5, 5.41) is 3.94. The van der Waals surface area contributed by atoms with Crippen molar-refractivity contribution in [3.63, 3.8) is 0 Å². The van der Waals surface area contributed by atoms with Gasteiger partial charge < -0.3 is 18.9 Å². The fraction of sp³-hybridized carbons (Fsp3) is 0.100. The monoisotopic (exact) mass is 510 g/mol. The third-order valence-electron chi connectivity index (χ3n) is 5.24. The number of methoxy groups -OCH3 is 1. The predicted octanol–water partition coefficient (Wildman–Crippen LogP) is 5.02. The third kappa shape index (κ3) is 7.96. The lowest BCUT2D eigenvalue weighted by Crippen LogP contribution is -2.24. The lowest BCUT2D eigenvalue weighted by Gasteiger charge is -2.08. The van der Waals surface area contributed by atoms with Crippen molar-refractivity contribution in [2.24, 2.45) is 5.10 Å². The molecule has 0 aliphatic rings. The van der Waals surface area contributed by atoms with Crippen molar-refractivity contribution in [2.45, 2.75) is 6.61 Å². The van der Waals surface area contributed by atoms with Gasteiger partial charge in [-0.1, -0.05) is 42.5 Å². The summed E-state index contributed by atoms with van der Waals surface area (Å²) in [6.07, 6.45) is 1.45. The summed E-state index contributed by atoms with van der Waals surface area (Å²) in [5.74, 6) is 1.31. The van der Waals surface area contributed by atoms with Crippen LogP contribution in [0.25, 0.3) is 0 Å². The predicted molar refractivity (Wildman–Crippen MR) is 143 cm³/mol. The Morgan fingerprint density at radius 3 is 2.16 bits per heavy atom. The van der Waals surface area contributed by atoms with Crippen LogP contribution in [-0.4, -0.2) is 31.8 Å². The summed E-state index contributed by atoms with van der Waals surface area (Å²) in [7, 11) is 1.55. The Morgan fingerprint density at radius 2 is 1.45 bits per heavy atom. The minimum Gasteiger partial charge on any atom is -0.497 e. The van der Waals surface area contributed by atoms with Gasteiger partial charge in [-0.15, -0.1) is 0 Å². The molecule has 0 saturated heterocycles. The highest BCUT2D eigenvalue weighted by atomic mass is 16.5. The van der Waals surface area contributed by atoms with Gasteiger partial charge in [0.15, 0.2) is 6.61 Å². The molecule has 0 aliphatic carbocycles. The summed E-state index contributed by atoms with van der Waals surface area (Å²) >= 11 is 0. The number of nitrogens with one attached hydrogen (secondary N) is 1. The molecular formula is C30H26N2O6. The van der Waals surface area contributed by atoms with Crippen molar-refractivity contribution in [1.82, 2.24) is 5.43 Å². The maximum Gasteiger partial charge on any atom is 0.343 e. The SMILES string of the molecule is COc1ccc(C(=O)Oc2cccc(/C=N/NC(=O)COc3ccc(OCc4ccccc4)cc3)c2)cc1. The van der Waals surface area contributed by atoms with Gasteiger partial charge in [0.1, 0.15) is 29.6 Å². The highest BCUT2D eigenvalue weighted by Gasteiger charge is 2.09. The van der Waals surface area contributed by atoms with Crippen molar-refractivity contribution in [3.05, 3.63) is 120 Å². The van der Waals surface area contributed by atoms with Crippen LogP contribution in [0, 0.1) is 0 Å². The first-order valence-electron chi connectivity index (χ1n) is 11.8. The van der Waals surface area contributed by atoms with E-state index < -0.39 is 11.9 Å². The maximum atomic E-state index is 12.4. The lowest BCUT2D eigenvalue weighted by atomic mass is 10.2. The number of nitrogens with zero attached hydrogens (tertiary/aromatic N) is 1. The number of rotatable bonds is 11. The smallest absolute Gasteiger partial charge is 0.343 e. The van der Waals surface area contributed by atoms with Crippen LogP contribution in [0.15, 0.2) is 108 Å². The number of hydrazone groups is 1. The molecule has 4 aromatic carbocycles. The van der Waals surface area contributed by atoms with Crippen LogP contribution in [0.1, 0.15) is 21.5 Å². The molecule has 1 N–H and O–H groups in total. The van der Waals surface area contributed by atoms with Gasteiger partial charge in [-0.05, 0) is 71.8 Å². The first-order valence-corrected chi connectivity index (χ1v) is 11.8. The molecule has 0 aromatic heterocycles. The van der Waals surface area contributed by atoms with E-state index in [0.717, 1.165) is 5.56 Å². The number of ether oxygens (including phenoxy) is 4. The van der Waals surface area contributed by atoms with Gasteiger partial charge in [0.25, 0.3) is 5.91 Å². The second-order valence-corrected chi connectivity index (χ2v) is 8.02. The van der Waals surface area contributed by atoms with Crippen LogP contribution < -0.4 is 24.4 Å². The first kappa shape index (κ1) is 26.0. The Kier molecular flexibility index (Phi) is 9.07. The van der Waals surface area contributed by atoms with E-state index in [9.17, 15) is 9.59 Å². The van der Waals surface area contributed by atoms with Crippen molar-refractivity contribution < 1.29 is 28.5 Å². The first-order chi connectivity index (χ1) is 18.6. The van der Waals surface area contributed by atoms with Crippen LogP contribution in [-0.2, 0) is 11.4 Å². The molecule has 0 spiro atoms. The number of carbonyl (C=O) groups excluding carboxylic acids is 2. The zero-order chi connectivity index (χ0) is 26.6. The van der Waals surface area contributed by atoms with E-state index >= 15 is 0 Å². The maximum absolute atomic E-state index is 12.4.